The van der Waals surface area contributed by atoms with Gasteiger partial charge in [-0.25, -0.2) is 0 Å². The van der Waals surface area contributed by atoms with Gasteiger partial charge in [0.25, 0.3) is 5.91 Å². The van der Waals surface area contributed by atoms with Crippen molar-refractivity contribution in [3.8, 4) is 0 Å². The summed E-state index contributed by atoms with van der Waals surface area (Å²) >= 11 is 1.08. The maximum Gasteiger partial charge on any atom is 0.495 e. The second-order valence-electron chi connectivity index (χ2n) is 6.61. The fraction of sp³-hybridized carbons (Fsp3) is 0.643. The number of carbonyl (C=O) groups excluding carboxylic acids is 1. The highest BCUT2D eigenvalue weighted by Gasteiger charge is 2.52. The van der Waals surface area contributed by atoms with Crippen molar-refractivity contribution in [3.05, 3.63) is 16.3 Å². The monoisotopic (exact) mass is 349 g/mol. The zero-order valence-electron chi connectivity index (χ0n) is 13.7. The molecule has 1 fully saturated rings. The van der Waals surface area contributed by atoms with Crippen molar-refractivity contribution in [2.24, 2.45) is 0 Å². The van der Waals surface area contributed by atoms with Crippen molar-refractivity contribution >= 4 is 29.8 Å². The SMILES string of the molecule is CN(CC(F)(F)F)C(=O)c1cc(B2OC(C)(C)C(C)(C)O2)cs1. The molecule has 1 aliphatic heterocycles. The van der Waals surface area contributed by atoms with E-state index in [1.165, 1.54) is 6.07 Å². The molecule has 1 aromatic rings. The van der Waals surface area contributed by atoms with Crippen LogP contribution in [0.5, 0.6) is 0 Å². The van der Waals surface area contributed by atoms with Gasteiger partial charge in [0, 0.05) is 7.05 Å². The van der Waals surface area contributed by atoms with Gasteiger partial charge in [-0.1, -0.05) is 0 Å². The lowest BCUT2D eigenvalue weighted by Gasteiger charge is -2.32. The van der Waals surface area contributed by atoms with Crippen molar-refractivity contribution < 1.29 is 27.3 Å². The fourth-order valence-electron chi connectivity index (χ4n) is 2.09. The molecule has 0 radical (unpaired) electrons. The number of carbonyl (C=O) groups is 1. The molecule has 1 saturated heterocycles. The quantitative estimate of drug-likeness (QED) is 0.788. The average Bonchev–Trinajstić information content (AvgIpc) is 2.90. The Balaban J connectivity index is 2.11. The third kappa shape index (κ3) is 3.89. The van der Waals surface area contributed by atoms with Gasteiger partial charge in [0.1, 0.15) is 6.54 Å². The summed E-state index contributed by atoms with van der Waals surface area (Å²) in [5.41, 5.74) is -0.398. The van der Waals surface area contributed by atoms with E-state index in [0.717, 1.165) is 18.4 Å². The molecule has 0 aromatic carbocycles. The van der Waals surface area contributed by atoms with Crippen LogP contribution in [0, 0.1) is 0 Å². The molecule has 23 heavy (non-hydrogen) atoms. The Labute approximate surface area is 137 Å². The Kier molecular flexibility index (Phi) is 4.60. The smallest absolute Gasteiger partial charge is 0.399 e. The van der Waals surface area contributed by atoms with E-state index >= 15 is 0 Å². The summed E-state index contributed by atoms with van der Waals surface area (Å²) in [6, 6.07) is 1.53. The maximum absolute atomic E-state index is 12.4. The fourth-order valence-corrected chi connectivity index (χ4v) is 3.00. The van der Waals surface area contributed by atoms with Gasteiger partial charge >= 0.3 is 13.3 Å². The predicted molar refractivity (Wildman–Crippen MR) is 83.1 cm³/mol. The van der Waals surface area contributed by atoms with Gasteiger partial charge in [0.2, 0.25) is 0 Å². The van der Waals surface area contributed by atoms with E-state index in [1.807, 2.05) is 27.7 Å². The summed E-state index contributed by atoms with van der Waals surface area (Å²) in [5.74, 6) is -0.671. The molecule has 9 heteroatoms. The van der Waals surface area contributed by atoms with Crippen LogP contribution in [-0.4, -0.2) is 48.9 Å². The minimum atomic E-state index is -4.42. The third-order valence-corrected chi connectivity index (χ3v) is 5.06. The van der Waals surface area contributed by atoms with Crippen LogP contribution in [0.25, 0.3) is 0 Å². The van der Waals surface area contributed by atoms with Gasteiger partial charge in [0.15, 0.2) is 0 Å². The normalized spacial score (nSPS) is 19.9. The molecule has 128 valence electrons. The molecule has 2 heterocycles. The van der Waals surface area contributed by atoms with Gasteiger partial charge in [-0.2, -0.15) is 13.2 Å². The van der Waals surface area contributed by atoms with Crippen LogP contribution in [0.1, 0.15) is 37.4 Å². The molecular formula is C14H19BF3NO3S. The molecule has 1 aromatic heterocycles. The summed E-state index contributed by atoms with van der Waals surface area (Å²) in [4.78, 5) is 12.9. The molecule has 1 amide bonds. The molecule has 0 aliphatic carbocycles. The molecule has 0 atom stereocenters. The number of rotatable bonds is 3. The number of alkyl halides is 3. The van der Waals surface area contributed by atoms with Crippen LogP contribution in [0.3, 0.4) is 0 Å². The van der Waals surface area contributed by atoms with E-state index in [2.05, 4.69) is 0 Å². The van der Waals surface area contributed by atoms with Crippen LogP contribution >= 0.6 is 11.3 Å². The van der Waals surface area contributed by atoms with Crippen molar-refractivity contribution in [1.29, 1.82) is 0 Å². The zero-order valence-corrected chi connectivity index (χ0v) is 14.5. The number of hydrogen-bond acceptors (Lipinski definition) is 4. The lowest BCUT2D eigenvalue weighted by molar-refractivity contribution is -0.138. The first-order chi connectivity index (χ1) is 10.3. The van der Waals surface area contributed by atoms with Crippen LogP contribution in [0.4, 0.5) is 13.2 Å². The van der Waals surface area contributed by atoms with E-state index in [1.54, 1.807) is 5.38 Å². The highest BCUT2D eigenvalue weighted by Crippen LogP contribution is 2.36. The van der Waals surface area contributed by atoms with Crippen LogP contribution in [0.2, 0.25) is 0 Å². The molecule has 0 unspecified atom stereocenters. The second-order valence-corrected chi connectivity index (χ2v) is 7.52. The Bertz CT molecular complexity index is 584. The van der Waals surface area contributed by atoms with Gasteiger partial charge in [-0.3, -0.25) is 4.79 Å². The van der Waals surface area contributed by atoms with Gasteiger partial charge in [-0.05, 0) is 44.6 Å². The van der Waals surface area contributed by atoms with Gasteiger partial charge in [-0.15, -0.1) is 11.3 Å². The largest absolute Gasteiger partial charge is 0.495 e. The molecule has 0 saturated carbocycles. The molecule has 4 nitrogen and oxygen atoms in total. The van der Waals surface area contributed by atoms with E-state index in [4.69, 9.17) is 9.31 Å². The molecule has 1 aliphatic rings. The first kappa shape index (κ1) is 18.3. The first-order valence-corrected chi connectivity index (χ1v) is 7.97. The van der Waals surface area contributed by atoms with E-state index < -0.39 is 36.9 Å². The summed E-state index contributed by atoms with van der Waals surface area (Å²) < 4.78 is 48.8. The minimum absolute atomic E-state index is 0.224. The molecule has 2 rings (SSSR count). The summed E-state index contributed by atoms with van der Waals surface area (Å²) in [6.45, 7) is 6.34. The van der Waals surface area contributed by atoms with Crippen LogP contribution in [-0.2, 0) is 9.31 Å². The topological polar surface area (TPSA) is 38.8 Å². The lowest BCUT2D eigenvalue weighted by Crippen LogP contribution is -2.41. The van der Waals surface area contributed by atoms with E-state index in [9.17, 15) is 18.0 Å². The standard InChI is InChI=1S/C14H19BF3NO3S/c1-12(2)13(3,4)22-15(21-12)9-6-10(23-7-9)11(20)19(5)8-14(16,17)18/h6-7H,8H2,1-5H3. The van der Waals surface area contributed by atoms with Crippen LogP contribution in [0.15, 0.2) is 11.4 Å². The Morgan fingerprint density at radius 1 is 1.26 bits per heavy atom. The van der Waals surface area contributed by atoms with E-state index in [-0.39, 0.29) is 4.88 Å². The highest BCUT2D eigenvalue weighted by atomic mass is 32.1. The van der Waals surface area contributed by atoms with Gasteiger partial charge < -0.3 is 14.2 Å². The molecular weight excluding hydrogens is 330 g/mol. The van der Waals surface area contributed by atoms with Crippen molar-refractivity contribution in [2.75, 3.05) is 13.6 Å². The number of halogens is 3. The summed E-state index contributed by atoms with van der Waals surface area (Å²) in [5, 5.41) is 1.68. The minimum Gasteiger partial charge on any atom is -0.399 e. The lowest BCUT2D eigenvalue weighted by atomic mass is 9.81. The number of hydrogen-bond donors (Lipinski definition) is 0. The Morgan fingerprint density at radius 2 is 1.78 bits per heavy atom. The molecule has 0 N–H and O–H groups in total. The highest BCUT2D eigenvalue weighted by molar-refractivity contribution is 7.13. The van der Waals surface area contributed by atoms with Crippen LogP contribution < -0.4 is 5.46 Å². The van der Waals surface area contributed by atoms with Crippen molar-refractivity contribution in [2.45, 2.75) is 45.1 Å². The predicted octanol–water partition coefficient (Wildman–Crippen LogP) is 2.68. The average molecular weight is 349 g/mol. The number of nitrogens with zero attached hydrogens (tertiary/aromatic N) is 1. The Morgan fingerprint density at radius 3 is 2.26 bits per heavy atom. The summed E-state index contributed by atoms with van der Waals surface area (Å²) in [6.07, 6.45) is -4.42. The number of amides is 1. The zero-order chi connectivity index (χ0) is 17.6. The molecule has 0 bridgehead atoms. The second kappa shape index (κ2) is 5.79. The van der Waals surface area contributed by atoms with Crippen molar-refractivity contribution in [1.82, 2.24) is 4.90 Å². The summed E-state index contributed by atoms with van der Waals surface area (Å²) in [7, 11) is 0.495. The van der Waals surface area contributed by atoms with E-state index in [0.29, 0.717) is 10.4 Å². The first-order valence-electron chi connectivity index (χ1n) is 7.09. The van der Waals surface area contributed by atoms with Gasteiger partial charge in [0.05, 0.1) is 16.1 Å². The third-order valence-electron chi connectivity index (χ3n) is 4.12. The van der Waals surface area contributed by atoms with Crippen molar-refractivity contribution in [3.63, 3.8) is 0 Å². The Hall–Kier alpha value is -1.06. The maximum atomic E-state index is 12.4. The molecule has 0 spiro atoms. The number of thiophene rings is 1.